The number of furan rings is 1. The van der Waals surface area contributed by atoms with E-state index in [-0.39, 0.29) is 11.7 Å². The Morgan fingerprint density at radius 3 is 2.45 bits per heavy atom. The Kier molecular flexibility index (Phi) is 5.89. The lowest BCUT2D eigenvalue weighted by Gasteiger charge is -2.11. The van der Waals surface area contributed by atoms with Gasteiger partial charge in [0.15, 0.2) is 6.61 Å². The molecule has 0 fully saturated rings. The van der Waals surface area contributed by atoms with E-state index in [9.17, 15) is 14.4 Å². The van der Waals surface area contributed by atoms with Crippen LogP contribution in [0.2, 0.25) is 5.02 Å². The van der Waals surface area contributed by atoms with Crippen LogP contribution in [-0.4, -0.2) is 43.4 Å². The molecule has 150 valence electrons. The molecule has 3 aromatic rings. The molecule has 0 aliphatic rings. The first kappa shape index (κ1) is 20.4. The second-order valence-electron chi connectivity index (χ2n) is 6.60. The number of rotatable bonds is 5. The number of aryl methyl sites for hydroxylation is 1. The summed E-state index contributed by atoms with van der Waals surface area (Å²) >= 11 is 5.97. The average Bonchev–Trinajstić information content (AvgIpc) is 3.02. The number of halogens is 1. The lowest BCUT2D eigenvalue weighted by Crippen LogP contribution is -2.22. The van der Waals surface area contributed by atoms with Gasteiger partial charge in [0.2, 0.25) is 5.76 Å². The Morgan fingerprint density at radius 2 is 1.79 bits per heavy atom. The van der Waals surface area contributed by atoms with Crippen molar-refractivity contribution in [2.45, 2.75) is 6.92 Å². The van der Waals surface area contributed by atoms with Crippen LogP contribution in [0.15, 0.2) is 46.9 Å². The largest absolute Gasteiger partial charge is 0.450 e. The Morgan fingerprint density at radius 1 is 1.10 bits per heavy atom. The predicted molar refractivity (Wildman–Crippen MR) is 109 cm³/mol. The fourth-order valence-electron chi connectivity index (χ4n) is 2.74. The van der Waals surface area contributed by atoms with Crippen molar-refractivity contribution in [3.63, 3.8) is 0 Å². The predicted octanol–water partition coefficient (Wildman–Crippen LogP) is 3.89. The normalized spacial score (nSPS) is 10.6. The van der Waals surface area contributed by atoms with Gasteiger partial charge in [-0.05, 0) is 49.4 Å². The van der Waals surface area contributed by atoms with Crippen LogP contribution in [0.1, 0.15) is 26.5 Å². The van der Waals surface area contributed by atoms with Gasteiger partial charge in [-0.2, -0.15) is 0 Å². The summed E-state index contributed by atoms with van der Waals surface area (Å²) in [5, 5.41) is 3.84. The van der Waals surface area contributed by atoms with Gasteiger partial charge in [0.1, 0.15) is 5.58 Å². The maximum absolute atomic E-state index is 12.3. The third-order valence-electron chi connectivity index (χ3n) is 4.24. The molecule has 0 aliphatic heterocycles. The van der Waals surface area contributed by atoms with Crippen LogP contribution in [0.25, 0.3) is 11.0 Å². The molecule has 7 nitrogen and oxygen atoms in total. The zero-order chi connectivity index (χ0) is 21.1. The highest BCUT2D eigenvalue weighted by Crippen LogP contribution is 2.28. The Bertz CT molecular complexity index is 1090. The Hall–Kier alpha value is -3.32. The molecule has 0 bridgehead atoms. The zero-order valence-corrected chi connectivity index (χ0v) is 16.9. The maximum atomic E-state index is 12.3. The van der Waals surface area contributed by atoms with E-state index in [1.807, 2.05) is 0 Å². The van der Waals surface area contributed by atoms with E-state index in [2.05, 4.69) is 5.32 Å². The maximum Gasteiger partial charge on any atom is 0.375 e. The number of fused-ring (bicyclic) bond motifs is 1. The van der Waals surface area contributed by atoms with Gasteiger partial charge in [0, 0.05) is 41.3 Å². The fourth-order valence-corrected chi connectivity index (χ4v) is 2.91. The summed E-state index contributed by atoms with van der Waals surface area (Å²) in [5.74, 6) is -1.36. The van der Waals surface area contributed by atoms with Crippen molar-refractivity contribution in [2.24, 2.45) is 0 Å². The van der Waals surface area contributed by atoms with Gasteiger partial charge in [0.05, 0.1) is 0 Å². The van der Waals surface area contributed by atoms with Crippen LogP contribution in [0, 0.1) is 6.92 Å². The van der Waals surface area contributed by atoms with E-state index in [4.69, 9.17) is 20.8 Å². The third-order valence-corrected chi connectivity index (χ3v) is 4.47. The third kappa shape index (κ3) is 4.57. The van der Waals surface area contributed by atoms with Crippen molar-refractivity contribution in [2.75, 3.05) is 26.0 Å². The minimum atomic E-state index is -0.739. The highest BCUT2D eigenvalue weighted by atomic mass is 35.5. The van der Waals surface area contributed by atoms with Crippen molar-refractivity contribution in [3.05, 3.63) is 64.4 Å². The number of anilines is 1. The molecule has 8 heteroatoms. The van der Waals surface area contributed by atoms with Gasteiger partial charge in [-0.3, -0.25) is 9.59 Å². The molecule has 1 N–H and O–H groups in total. The van der Waals surface area contributed by atoms with Crippen LogP contribution >= 0.6 is 11.6 Å². The highest BCUT2D eigenvalue weighted by molar-refractivity contribution is 6.31. The van der Waals surface area contributed by atoms with E-state index < -0.39 is 18.5 Å². The first-order valence-electron chi connectivity index (χ1n) is 8.73. The molecule has 0 radical (unpaired) electrons. The number of amides is 2. The molecule has 1 heterocycles. The van der Waals surface area contributed by atoms with Gasteiger partial charge in [0.25, 0.3) is 11.8 Å². The van der Waals surface area contributed by atoms with Gasteiger partial charge in [-0.1, -0.05) is 11.6 Å². The molecular formula is C21H19ClN2O5. The molecule has 0 spiro atoms. The van der Waals surface area contributed by atoms with Crippen LogP contribution < -0.4 is 5.32 Å². The minimum absolute atomic E-state index is 0.0293. The molecule has 1 aromatic heterocycles. The highest BCUT2D eigenvalue weighted by Gasteiger charge is 2.20. The second kappa shape index (κ2) is 8.36. The second-order valence-corrected chi connectivity index (χ2v) is 7.03. The molecular weight excluding hydrogens is 396 g/mol. The number of nitrogens with zero attached hydrogens (tertiary/aromatic N) is 1. The van der Waals surface area contributed by atoms with Crippen molar-refractivity contribution in [1.29, 1.82) is 0 Å². The van der Waals surface area contributed by atoms with Crippen LogP contribution in [0.4, 0.5) is 5.69 Å². The lowest BCUT2D eigenvalue weighted by molar-refractivity contribution is -0.119. The summed E-state index contributed by atoms with van der Waals surface area (Å²) in [6.45, 7) is 1.24. The lowest BCUT2D eigenvalue weighted by atomic mass is 10.1. The SMILES string of the molecule is Cc1c(C(=O)OCC(=O)Nc2ccc(C(=O)N(C)C)cc2)oc2ccc(Cl)cc12. The summed E-state index contributed by atoms with van der Waals surface area (Å²) in [5.41, 5.74) is 2.08. The molecule has 0 aliphatic carbocycles. The van der Waals surface area contributed by atoms with Gasteiger partial charge in [-0.25, -0.2) is 4.79 Å². The molecule has 2 amide bonds. The van der Waals surface area contributed by atoms with E-state index in [0.717, 1.165) is 0 Å². The smallest absolute Gasteiger partial charge is 0.375 e. The number of hydrogen-bond acceptors (Lipinski definition) is 5. The average molecular weight is 415 g/mol. The van der Waals surface area contributed by atoms with Gasteiger partial charge >= 0.3 is 5.97 Å². The molecule has 2 aromatic carbocycles. The summed E-state index contributed by atoms with van der Waals surface area (Å²) in [6, 6.07) is 11.4. The zero-order valence-electron chi connectivity index (χ0n) is 16.1. The molecule has 3 rings (SSSR count). The summed E-state index contributed by atoms with van der Waals surface area (Å²) in [4.78, 5) is 37.7. The fraction of sp³-hybridized carbons (Fsp3) is 0.190. The number of ether oxygens (including phenoxy) is 1. The van der Waals surface area contributed by atoms with Crippen molar-refractivity contribution in [3.8, 4) is 0 Å². The molecule has 0 atom stereocenters. The molecule has 0 saturated carbocycles. The van der Waals surface area contributed by atoms with Gasteiger partial charge in [-0.15, -0.1) is 0 Å². The first-order valence-corrected chi connectivity index (χ1v) is 9.11. The van der Waals surface area contributed by atoms with E-state index >= 15 is 0 Å². The standard InChI is InChI=1S/C21H19ClN2O5/c1-12-16-10-14(22)6-9-17(16)29-19(12)21(27)28-11-18(25)23-15-7-4-13(5-8-15)20(26)24(2)3/h4-10H,11H2,1-3H3,(H,23,25). The topological polar surface area (TPSA) is 88.8 Å². The molecule has 29 heavy (non-hydrogen) atoms. The first-order chi connectivity index (χ1) is 13.8. The van der Waals surface area contributed by atoms with Crippen molar-refractivity contribution < 1.29 is 23.5 Å². The van der Waals surface area contributed by atoms with E-state index in [0.29, 0.717) is 32.8 Å². The Labute approximate surface area is 172 Å². The number of carbonyl (C=O) groups excluding carboxylic acids is 3. The molecule has 0 saturated heterocycles. The van der Waals surface area contributed by atoms with Crippen LogP contribution in [-0.2, 0) is 9.53 Å². The van der Waals surface area contributed by atoms with Crippen LogP contribution in [0.3, 0.4) is 0 Å². The number of nitrogens with one attached hydrogen (secondary N) is 1. The van der Waals surface area contributed by atoms with Crippen LogP contribution in [0.5, 0.6) is 0 Å². The van der Waals surface area contributed by atoms with Crippen molar-refractivity contribution >= 4 is 46.0 Å². The summed E-state index contributed by atoms with van der Waals surface area (Å²) < 4.78 is 10.6. The number of hydrogen-bond donors (Lipinski definition) is 1. The number of benzene rings is 2. The van der Waals surface area contributed by atoms with Gasteiger partial charge < -0.3 is 19.4 Å². The number of carbonyl (C=O) groups is 3. The monoisotopic (exact) mass is 414 g/mol. The van der Waals surface area contributed by atoms with E-state index in [1.54, 1.807) is 63.5 Å². The summed E-state index contributed by atoms with van der Waals surface area (Å²) in [7, 11) is 3.31. The minimum Gasteiger partial charge on any atom is -0.450 e. The van der Waals surface area contributed by atoms with Crippen molar-refractivity contribution in [1.82, 2.24) is 4.90 Å². The Balaban J connectivity index is 1.60. The number of esters is 1. The van der Waals surface area contributed by atoms with E-state index in [1.165, 1.54) is 4.90 Å². The molecule has 0 unspecified atom stereocenters. The quantitative estimate of drug-likeness (QED) is 0.640. The summed E-state index contributed by atoms with van der Waals surface area (Å²) in [6.07, 6.45) is 0.